The third-order valence-electron chi connectivity index (χ3n) is 6.03. The summed E-state index contributed by atoms with van der Waals surface area (Å²) in [5.41, 5.74) is 4.22. The molecule has 4 heterocycles. The second kappa shape index (κ2) is 8.45. The summed E-state index contributed by atoms with van der Waals surface area (Å²) in [5.74, 6) is 1.04. The smallest absolute Gasteiger partial charge is 0.257 e. The van der Waals surface area contributed by atoms with E-state index in [9.17, 15) is 4.79 Å². The number of piperidine rings is 1. The zero-order valence-corrected chi connectivity index (χ0v) is 18.3. The number of likely N-dealkylation sites (tertiary alicyclic amines) is 1. The summed E-state index contributed by atoms with van der Waals surface area (Å²) in [4.78, 5) is 19.4. The Kier molecular flexibility index (Phi) is 5.34. The van der Waals surface area contributed by atoms with Crippen LogP contribution >= 0.6 is 0 Å². The quantitative estimate of drug-likeness (QED) is 0.485. The fraction of sp³-hybridized carbons (Fsp3) is 0.333. The number of benzene rings is 1. The maximum atomic E-state index is 13.1. The van der Waals surface area contributed by atoms with Crippen molar-refractivity contribution in [1.29, 1.82) is 0 Å². The van der Waals surface area contributed by atoms with Gasteiger partial charge in [-0.25, -0.2) is 14.2 Å². The highest BCUT2D eigenvalue weighted by Gasteiger charge is 2.26. The standard InChI is InChI=1S/C24H26N6O2/c1-17-15-29-22(26-17)8-9-23(27-29)32-16-19-10-12-28(13-11-19)24(31)21-14-25-30(18(21)2)20-6-4-3-5-7-20/h3-9,14-15,19H,10-13,16H2,1-2H3. The van der Waals surface area contributed by atoms with Gasteiger partial charge < -0.3 is 9.64 Å². The van der Waals surface area contributed by atoms with Crippen LogP contribution in [0.15, 0.2) is 54.9 Å². The van der Waals surface area contributed by atoms with E-state index in [4.69, 9.17) is 4.74 Å². The minimum atomic E-state index is 0.0478. The van der Waals surface area contributed by atoms with Crippen LogP contribution in [0.1, 0.15) is 34.6 Å². The van der Waals surface area contributed by atoms with E-state index < -0.39 is 0 Å². The number of para-hydroxylation sites is 1. The van der Waals surface area contributed by atoms with Gasteiger partial charge in [0, 0.05) is 19.2 Å². The molecular weight excluding hydrogens is 404 g/mol. The molecule has 1 aromatic carbocycles. The number of carbonyl (C=O) groups excluding carboxylic acids is 1. The lowest BCUT2D eigenvalue weighted by molar-refractivity contribution is 0.0658. The maximum Gasteiger partial charge on any atom is 0.257 e. The summed E-state index contributed by atoms with van der Waals surface area (Å²) in [5, 5.41) is 8.90. The molecular formula is C24H26N6O2. The number of rotatable bonds is 5. The van der Waals surface area contributed by atoms with Crippen LogP contribution in [0.4, 0.5) is 0 Å². The number of aromatic nitrogens is 5. The lowest BCUT2D eigenvalue weighted by atomic mass is 9.97. The molecule has 0 N–H and O–H groups in total. The average Bonchev–Trinajstić information content (AvgIpc) is 3.39. The third kappa shape index (κ3) is 3.95. The van der Waals surface area contributed by atoms with Crippen LogP contribution < -0.4 is 4.74 Å². The van der Waals surface area contributed by atoms with E-state index in [1.54, 1.807) is 10.7 Å². The number of hydrogen-bond acceptors (Lipinski definition) is 5. The molecule has 0 unspecified atom stereocenters. The van der Waals surface area contributed by atoms with Gasteiger partial charge in [0.25, 0.3) is 5.91 Å². The van der Waals surface area contributed by atoms with Gasteiger partial charge in [-0.3, -0.25) is 4.79 Å². The van der Waals surface area contributed by atoms with Crippen molar-refractivity contribution < 1.29 is 9.53 Å². The summed E-state index contributed by atoms with van der Waals surface area (Å²) in [6.07, 6.45) is 5.38. The molecule has 8 heteroatoms. The van der Waals surface area contributed by atoms with Crippen molar-refractivity contribution in [2.24, 2.45) is 5.92 Å². The van der Waals surface area contributed by atoms with Gasteiger partial charge in [-0.05, 0) is 50.8 Å². The van der Waals surface area contributed by atoms with Crippen LogP contribution in [0.5, 0.6) is 5.88 Å². The predicted molar refractivity (Wildman–Crippen MR) is 120 cm³/mol. The fourth-order valence-electron chi connectivity index (χ4n) is 4.19. The van der Waals surface area contributed by atoms with Gasteiger partial charge >= 0.3 is 0 Å². The van der Waals surface area contributed by atoms with Crippen molar-refractivity contribution in [3.05, 3.63) is 71.8 Å². The maximum absolute atomic E-state index is 13.1. The second-order valence-electron chi connectivity index (χ2n) is 8.29. The number of carbonyl (C=O) groups is 1. The Bertz CT molecular complexity index is 1240. The normalized spacial score (nSPS) is 14.8. The molecule has 0 saturated carbocycles. The van der Waals surface area contributed by atoms with Crippen LogP contribution in [-0.2, 0) is 0 Å². The van der Waals surface area contributed by atoms with Crippen molar-refractivity contribution in [3.63, 3.8) is 0 Å². The van der Waals surface area contributed by atoms with E-state index in [-0.39, 0.29) is 5.91 Å². The number of imidazole rings is 1. The van der Waals surface area contributed by atoms with Gasteiger partial charge in [0.2, 0.25) is 5.88 Å². The Morgan fingerprint density at radius 1 is 1.09 bits per heavy atom. The molecule has 4 aromatic rings. The highest BCUT2D eigenvalue weighted by atomic mass is 16.5. The topological polar surface area (TPSA) is 77.5 Å². The molecule has 0 radical (unpaired) electrons. The first-order valence-corrected chi connectivity index (χ1v) is 10.9. The molecule has 1 amide bonds. The van der Waals surface area contributed by atoms with Crippen LogP contribution in [0.2, 0.25) is 0 Å². The largest absolute Gasteiger partial charge is 0.476 e. The summed E-state index contributed by atoms with van der Waals surface area (Å²) in [6, 6.07) is 13.6. The number of nitrogens with zero attached hydrogens (tertiary/aromatic N) is 6. The van der Waals surface area contributed by atoms with E-state index >= 15 is 0 Å². The van der Waals surface area contributed by atoms with Gasteiger partial charge in [0.15, 0.2) is 5.65 Å². The average molecular weight is 431 g/mol. The van der Waals surface area contributed by atoms with E-state index in [0.717, 1.165) is 48.7 Å². The zero-order valence-electron chi connectivity index (χ0n) is 18.3. The van der Waals surface area contributed by atoms with Crippen molar-refractivity contribution in [1.82, 2.24) is 29.3 Å². The van der Waals surface area contributed by atoms with Crippen molar-refractivity contribution in [2.45, 2.75) is 26.7 Å². The molecule has 3 aromatic heterocycles. The van der Waals surface area contributed by atoms with E-state index in [1.165, 1.54) is 0 Å². The summed E-state index contributed by atoms with van der Waals surface area (Å²) >= 11 is 0. The van der Waals surface area contributed by atoms with Gasteiger partial charge in [0.1, 0.15) is 0 Å². The number of amides is 1. The van der Waals surface area contributed by atoms with E-state index in [2.05, 4.69) is 15.2 Å². The molecule has 1 fully saturated rings. The second-order valence-corrected chi connectivity index (χ2v) is 8.29. The molecule has 32 heavy (non-hydrogen) atoms. The van der Waals surface area contributed by atoms with Crippen molar-refractivity contribution in [3.8, 4) is 11.6 Å². The molecule has 0 atom stereocenters. The molecule has 5 rings (SSSR count). The Morgan fingerprint density at radius 2 is 1.88 bits per heavy atom. The van der Waals surface area contributed by atoms with Crippen molar-refractivity contribution in [2.75, 3.05) is 19.7 Å². The Hall–Kier alpha value is -3.68. The first-order chi connectivity index (χ1) is 15.6. The molecule has 8 nitrogen and oxygen atoms in total. The molecule has 1 saturated heterocycles. The number of aryl methyl sites for hydroxylation is 1. The molecule has 164 valence electrons. The van der Waals surface area contributed by atoms with Crippen molar-refractivity contribution >= 4 is 11.6 Å². The minimum Gasteiger partial charge on any atom is -0.476 e. The predicted octanol–water partition coefficient (Wildman–Crippen LogP) is 3.46. The summed E-state index contributed by atoms with van der Waals surface area (Å²) in [7, 11) is 0. The van der Waals surface area contributed by atoms with E-state index in [1.807, 2.05) is 72.1 Å². The highest BCUT2D eigenvalue weighted by molar-refractivity contribution is 5.95. The summed E-state index contributed by atoms with van der Waals surface area (Å²) < 4.78 is 9.50. The van der Waals surface area contributed by atoms with Gasteiger partial charge in [0.05, 0.1) is 41.6 Å². The molecule has 1 aliphatic rings. The van der Waals surface area contributed by atoms with Crippen LogP contribution in [0.3, 0.4) is 0 Å². The minimum absolute atomic E-state index is 0.0478. The molecule has 0 spiro atoms. The van der Waals surface area contributed by atoms with Gasteiger partial charge in [-0.15, -0.1) is 5.10 Å². The molecule has 1 aliphatic heterocycles. The Balaban J connectivity index is 1.17. The third-order valence-corrected chi connectivity index (χ3v) is 6.03. The number of fused-ring (bicyclic) bond motifs is 1. The van der Waals surface area contributed by atoms with Crippen LogP contribution in [0, 0.1) is 19.8 Å². The monoisotopic (exact) mass is 430 g/mol. The first-order valence-electron chi connectivity index (χ1n) is 10.9. The number of ether oxygens (including phenoxy) is 1. The van der Waals surface area contributed by atoms with E-state index in [0.29, 0.717) is 24.0 Å². The number of hydrogen-bond donors (Lipinski definition) is 0. The summed E-state index contributed by atoms with van der Waals surface area (Å²) in [6.45, 7) is 5.92. The van der Waals surface area contributed by atoms with Crippen LogP contribution in [-0.4, -0.2) is 54.9 Å². The highest BCUT2D eigenvalue weighted by Crippen LogP contribution is 2.22. The first kappa shape index (κ1) is 20.2. The fourth-order valence-corrected chi connectivity index (χ4v) is 4.19. The SMILES string of the molecule is Cc1cn2nc(OCC3CCN(C(=O)c4cnn(-c5ccccc5)c4C)CC3)ccc2n1. The zero-order chi connectivity index (χ0) is 22.1. The van der Waals surface area contributed by atoms with Gasteiger partial charge in [-0.2, -0.15) is 5.10 Å². The molecule has 0 bridgehead atoms. The lowest BCUT2D eigenvalue weighted by Crippen LogP contribution is -2.39. The van der Waals surface area contributed by atoms with Crippen LogP contribution in [0.25, 0.3) is 11.3 Å². The Morgan fingerprint density at radius 3 is 2.66 bits per heavy atom. The Labute approximate surface area is 186 Å². The molecule has 0 aliphatic carbocycles. The van der Waals surface area contributed by atoms with Gasteiger partial charge in [-0.1, -0.05) is 18.2 Å². The lowest BCUT2D eigenvalue weighted by Gasteiger charge is -2.31.